The van der Waals surface area contributed by atoms with Gasteiger partial charge in [-0.3, -0.25) is 4.40 Å². The molecule has 4 nitrogen and oxygen atoms in total. The van der Waals surface area contributed by atoms with E-state index in [0.29, 0.717) is 17.1 Å². The SMILES string of the molecule is Cc1cc(-c2nc3c(C)cccn3c2N=Nc2ccccc2)ccc1F. The van der Waals surface area contributed by atoms with Crippen LogP contribution in [-0.4, -0.2) is 9.38 Å². The van der Waals surface area contributed by atoms with Gasteiger partial charge in [-0.05, 0) is 61.4 Å². The molecule has 0 atom stereocenters. The fourth-order valence-corrected chi connectivity index (χ4v) is 2.87. The first-order valence-electron chi connectivity index (χ1n) is 8.34. The fraction of sp³-hybridized carbons (Fsp3) is 0.0952. The molecule has 0 aliphatic heterocycles. The van der Waals surface area contributed by atoms with E-state index >= 15 is 0 Å². The maximum Gasteiger partial charge on any atom is 0.187 e. The van der Waals surface area contributed by atoms with Crippen LogP contribution >= 0.6 is 0 Å². The first kappa shape index (κ1) is 16.1. The van der Waals surface area contributed by atoms with Gasteiger partial charge in [0.25, 0.3) is 0 Å². The largest absolute Gasteiger partial charge is 0.282 e. The van der Waals surface area contributed by atoms with Crippen LogP contribution in [0.25, 0.3) is 16.9 Å². The number of halogens is 1. The van der Waals surface area contributed by atoms with Crippen LogP contribution in [0, 0.1) is 19.7 Å². The van der Waals surface area contributed by atoms with Crippen LogP contribution < -0.4 is 0 Å². The van der Waals surface area contributed by atoms with Crippen molar-refractivity contribution in [1.82, 2.24) is 9.38 Å². The van der Waals surface area contributed by atoms with Crippen molar-refractivity contribution in [2.24, 2.45) is 10.2 Å². The van der Waals surface area contributed by atoms with Gasteiger partial charge >= 0.3 is 0 Å². The Labute approximate surface area is 150 Å². The van der Waals surface area contributed by atoms with Gasteiger partial charge in [-0.25, -0.2) is 9.37 Å². The molecule has 0 amide bonds. The number of aryl methyl sites for hydroxylation is 2. The third-order valence-electron chi connectivity index (χ3n) is 4.27. The molecular weight excluding hydrogens is 327 g/mol. The quantitative estimate of drug-likeness (QED) is 0.410. The van der Waals surface area contributed by atoms with Crippen molar-refractivity contribution in [2.45, 2.75) is 13.8 Å². The third-order valence-corrected chi connectivity index (χ3v) is 4.27. The smallest absolute Gasteiger partial charge is 0.187 e. The van der Waals surface area contributed by atoms with E-state index in [0.717, 1.165) is 22.5 Å². The molecule has 4 rings (SSSR count). The maximum atomic E-state index is 13.7. The Balaban J connectivity index is 1.92. The molecule has 0 radical (unpaired) electrons. The summed E-state index contributed by atoms with van der Waals surface area (Å²) in [4.78, 5) is 4.75. The number of azo groups is 1. The number of imidazole rings is 1. The van der Waals surface area contributed by atoms with Crippen LogP contribution in [0.15, 0.2) is 77.1 Å². The van der Waals surface area contributed by atoms with Crippen LogP contribution in [0.1, 0.15) is 11.1 Å². The second-order valence-corrected chi connectivity index (χ2v) is 6.17. The maximum absolute atomic E-state index is 13.7. The molecular formula is C21H17FN4. The molecule has 2 aromatic heterocycles. The van der Waals surface area contributed by atoms with Crippen LogP contribution in [-0.2, 0) is 0 Å². The Bertz CT molecular complexity index is 1110. The molecule has 0 N–H and O–H groups in total. The molecule has 26 heavy (non-hydrogen) atoms. The molecule has 0 aliphatic rings. The van der Waals surface area contributed by atoms with Crippen molar-refractivity contribution in [2.75, 3.05) is 0 Å². The first-order valence-corrected chi connectivity index (χ1v) is 8.34. The summed E-state index contributed by atoms with van der Waals surface area (Å²) in [7, 11) is 0. The summed E-state index contributed by atoms with van der Waals surface area (Å²) in [6, 6.07) is 18.5. The minimum Gasteiger partial charge on any atom is -0.282 e. The number of fused-ring (bicyclic) bond motifs is 1. The number of nitrogens with zero attached hydrogens (tertiary/aromatic N) is 4. The van der Waals surface area contributed by atoms with E-state index < -0.39 is 0 Å². The van der Waals surface area contributed by atoms with E-state index in [1.165, 1.54) is 6.07 Å². The van der Waals surface area contributed by atoms with Gasteiger partial charge in [-0.15, -0.1) is 10.2 Å². The summed E-state index contributed by atoms with van der Waals surface area (Å²) in [5.74, 6) is 0.389. The molecule has 0 unspecified atom stereocenters. The van der Waals surface area contributed by atoms with Gasteiger partial charge in [0.2, 0.25) is 0 Å². The van der Waals surface area contributed by atoms with Gasteiger partial charge in [0, 0.05) is 11.8 Å². The van der Waals surface area contributed by atoms with Crippen molar-refractivity contribution in [1.29, 1.82) is 0 Å². The van der Waals surface area contributed by atoms with E-state index in [1.807, 2.05) is 60.0 Å². The van der Waals surface area contributed by atoms with Gasteiger partial charge in [-0.2, -0.15) is 0 Å². The second kappa shape index (κ2) is 6.52. The molecule has 2 heterocycles. The zero-order valence-electron chi connectivity index (χ0n) is 14.5. The average molecular weight is 344 g/mol. The highest BCUT2D eigenvalue weighted by Crippen LogP contribution is 2.33. The molecule has 5 heteroatoms. The Morgan fingerprint density at radius 2 is 1.69 bits per heavy atom. The van der Waals surface area contributed by atoms with E-state index in [9.17, 15) is 4.39 Å². The van der Waals surface area contributed by atoms with Gasteiger partial charge < -0.3 is 0 Å². The molecule has 0 spiro atoms. The monoisotopic (exact) mass is 344 g/mol. The molecule has 0 fully saturated rings. The number of aromatic nitrogens is 2. The first-order chi connectivity index (χ1) is 12.6. The predicted octanol–water partition coefficient (Wildman–Crippen LogP) is 6.17. The normalized spacial score (nSPS) is 11.5. The van der Waals surface area contributed by atoms with Crippen LogP contribution in [0.4, 0.5) is 15.9 Å². The summed E-state index contributed by atoms with van der Waals surface area (Å²) in [5, 5.41) is 8.81. The minimum atomic E-state index is -0.235. The number of pyridine rings is 1. The lowest BCUT2D eigenvalue weighted by Gasteiger charge is -2.02. The van der Waals surface area contributed by atoms with Gasteiger partial charge in [0.1, 0.15) is 17.2 Å². The fourth-order valence-electron chi connectivity index (χ4n) is 2.87. The lowest BCUT2D eigenvalue weighted by molar-refractivity contribution is 0.619. The average Bonchev–Trinajstić information content (AvgIpc) is 3.03. The Hall–Kier alpha value is -3.34. The van der Waals surface area contributed by atoms with Crippen molar-refractivity contribution in [3.8, 4) is 11.3 Å². The van der Waals surface area contributed by atoms with Crippen molar-refractivity contribution >= 4 is 17.2 Å². The lowest BCUT2D eigenvalue weighted by atomic mass is 10.1. The summed E-state index contributed by atoms with van der Waals surface area (Å²) in [5.41, 5.74) is 4.68. The van der Waals surface area contributed by atoms with Gasteiger partial charge in [0.05, 0.1) is 5.69 Å². The van der Waals surface area contributed by atoms with E-state index in [2.05, 4.69) is 10.2 Å². The van der Waals surface area contributed by atoms with Gasteiger partial charge in [0.15, 0.2) is 5.82 Å². The van der Waals surface area contributed by atoms with E-state index in [4.69, 9.17) is 4.98 Å². The predicted molar refractivity (Wildman–Crippen MR) is 101 cm³/mol. The summed E-state index contributed by atoms with van der Waals surface area (Å²) >= 11 is 0. The lowest BCUT2D eigenvalue weighted by Crippen LogP contribution is -1.85. The minimum absolute atomic E-state index is 0.235. The van der Waals surface area contributed by atoms with E-state index in [-0.39, 0.29) is 5.82 Å². The van der Waals surface area contributed by atoms with Crippen LogP contribution in [0.2, 0.25) is 0 Å². The zero-order chi connectivity index (χ0) is 18.1. The number of benzene rings is 2. The summed E-state index contributed by atoms with van der Waals surface area (Å²) in [6.45, 7) is 3.74. The van der Waals surface area contributed by atoms with Crippen LogP contribution in [0.5, 0.6) is 0 Å². The molecule has 4 aromatic rings. The Kier molecular flexibility index (Phi) is 4.05. The van der Waals surface area contributed by atoms with Gasteiger partial charge in [-0.1, -0.05) is 24.3 Å². The second-order valence-electron chi connectivity index (χ2n) is 6.17. The molecule has 0 saturated heterocycles. The highest BCUT2D eigenvalue weighted by molar-refractivity contribution is 5.75. The molecule has 0 saturated carbocycles. The van der Waals surface area contributed by atoms with Crippen LogP contribution in [0.3, 0.4) is 0 Å². The summed E-state index contributed by atoms with van der Waals surface area (Å²) < 4.78 is 15.6. The third kappa shape index (κ3) is 2.88. The molecule has 2 aromatic carbocycles. The Morgan fingerprint density at radius 3 is 2.46 bits per heavy atom. The molecule has 0 aliphatic carbocycles. The molecule has 128 valence electrons. The number of hydrogen-bond donors (Lipinski definition) is 0. The van der Waals surface area contributed by atoms with Crippen molar-refractivity contribution < 1.29 is 4.39 Å². The highest BCUT2D eigenvalue weighted by atomic mass is 19.1. The van der Waals surface area contributed by atoms with E-state index in [1.54, 1.807) is 19.1 Å². The summed E-state index contributed by atoms with van der Waals surface area (Å²) in [6.07, 6.45) is 1.91. The standard InChI is InChI=1S/C21H17FN4/c1-14-7-6-12-26-20(14)23-19(16-10-11-18(22)15(2)13-16)21(26)25-24-17-8-4-3-5-9-17/h3-13H,1-2H3. The Morgan fingerprint density at radius 1 is 0.885 bits per heavy atom. The number of hydrogen-bond acceptors (Lipinski definition) is 3. The number of rotatable bonds is 3. The van der Waals surface area contributed by atoms with Crippen molar-refractivity contribution in [3.05, 3.63) is 83.8 Å². The highest BCUT2D eigenvalue weighted by Gasteiger charge is 2.16. The van der Waals surface area contributed by atoms with Crippen molar-refractivity contribution in [3.63, 3.8) is 0 Å². The zero-order valence-corrected chi connectivity index (χ0v) is 14.5. The molecule has 0 bridgehead atoms. The topological polar surface area (TPSA) is 42.0 Å².